The van der Waals surface area contributed by atoms with Gasteiger partial charge in [0.2, 0.25) is 7.29 Å². The van der Waals surface area contributed by atoms with Gasteiger partial charge in [-0.2, -0.15) is 0 Å². The summed E-state index contributed by atoms with van der Waals surface area (Å²) in [4.78, 5) is 0. The Morgan fingerprint density at radius 1 is 0.917 bits per heavy atom. The summed E-state index contributed by atoms with van der Waals surface area (Å²) in [6.07, 6.45) is 3.40. The van der Waals surface area contributed by atoms with E-state index in [1.807, 2.05) is 60.7 Å². The zero-order chi connectivity index (χ0) is 17.2. The molecule has 3 heteroatoms. The molecule has 0 radical (unpaired) electrons. The fourth-order valence-corrected chi connectivity index (χ4v) is 6.77. The van der Waals surface area contributed by atoms with Crippen molar-refractivity contribution in [1.29, 1.82) is 0 Å². The highest BCUT2D eigenvalue weighted by Crippen LogP contribution is 2.45. The van der Waals surface area contributed by atoms with Gasteiger partial charge in [-0.25, -0.2) is 0 Å². The molecule has 0 saturated heterocycles. The molecule has 0 spiro atoms. The fraction of sp³-hybridized carbons (Fsp3) is 0.429. The predicted molar refractivity (Wildman–Crippen MR) is 103 cm³/mol. The fourth-order valence-electron chi connectivity index (χ4n) is 4.28. The van der Waals surface area contributed by atoms with Crippen LogP contribution >= 0.6 is 7.29 Å². The van der Waals surface area contributed by atoms with Gasteiger partial charge in [-0.3, -0.25) is 9.65 Å². The molecule has 2 atom stereocenters. The van der Waals surface area contributed by atoms with Gasteiger partial charge in [0.25, 0.3) is 0 Å². The molecule has 2 aromatic carbocycles. The van der Waals surface area contributed by atoms with E-state index in [-0.39, 0.29) is 6.04 Å². The van der Waals surface area contributed by atoms with Gasteiger partial charge < -0.3 is 0 Å². The summed E-state index contributed by atoms with van der Waals surface area (Å²) >= 11 is 0. The lowest BCUT2D eigenvalue weighted by Gasteiger charge is -2.40. The molecule has 1 aliphatic rings. The monoisotopic (exact) mass is 341 g/mol. The summed E-state index contributed by atoms with van der Waals surface area (Å²) in [5, 5.41) is 5.40. The molecule has 1 N–H and O–H groups in total. The SMILES string of the molecule is C[C@@H]1C[C@H](NP(=O)(c2ccccc2)c2ccccc2)CC(C)(C)C1. The molecule has 0 aliphatic heterocycles. The molecule has 0 bridgehead atoms. The second-order valence-electron chi connectivity index (χ2n) is 8.02. The third-order valence-corrected chi connectivity index (χ3v) is 7.77. The average Bonchev–Trinajstić information content (AvgIpc) is 2.54. The van der Waals surface area contributed by atoms with E-state index in [1.165, 1.54) is 6.42 Å². The minimum absolute atomic E-state index is 0.287. The van der Waals surface area contributed by atoms with Gasteiger partial charge in [-0.15, -0.1) is 0 Å². The van der Waals surface area contributed by atoms with Gasteiger partial charge in [0.15, 0.2) is 0 Å². The number of nitrogens with one attached hydrogen (secondary N) is 1. The lowest BCUT2D eigenvalue weighted by molar-refractivity contribution is 0.163. The molecule has 0 aromatic heterocycles. The highest BCUT2D eigenvalue weighted by atomic mass is 31.2. The van der Waals surface area contributed by atoms with Crippen molar-refractivity contribution in [3.05, 3.63) is 60.7 Å². The van der Waals surface area contributed by atoms with Crippen LogP contribution in [0.3, 0.4) is 0 Å². The number of hydrogen-bond donors (Lipinski definition) is 1. The summed E-state index contributed by atoms with van der Waals surface area (Å²) in [6.45, 7) is 6.96. The maximum atomic E-state index is 14.1. The van der Waals surface area contributed by atoms with Gasteiger partial charge in [0.1, 0.15) is 0 Å². The first-order valence-corrected chi connectivity index (χ1v) is 10.6. The van der Waals surface area contributed by atoms with Gasteiger partial charge in [-0.1, -0.05) is 57.2 Å². The molecule has 128 valence electrons. The molecule has 2 nitrogen and oxygen atoms in total. The molecule has 0 amide bonds. The van der Waals surface area contributed by atoms with E-state index in [0.29, 0.717) is 11.3 Å². The van der Waals surface area contributed by atoms with E-state index < -0.39 is 7.29 Å². The quantitative estimate of drug-likeness (QED) is 0.815. The van der Waals surface area contributed by atoms with Crippen LogP contribution in [-0.2, 0) is 4.57 Å². The molecule has 0 heterocycles. The van der Waals surface area contributed by atoms with Crippen molar-refractivity contribution in [2.24, 2.45) is 11.3 Å². The largest absolute Gasteiger partial charge is 0.297 e. The lowest BCUT2D eigenvalue weighted by atomic mass is 9.71. The van der Waals surface area contributed by atoms with E-state index in [9.17, 15) is 4.57 Å². The maximum Gasteiger partial charge on any atom is 0.204 e. The molecule has 24 heavy (non-hydrogen) atoms. The number of hydrogen-bond acceptors (Lipinski definition) is 1. The second kappa shape index (κ2) is 6.86. The third-order valence-electron chi connectivity index (χ3n) is 4.99. The van der Waals surface area contributed by atoms with Gasteiger partial charge in [0.05, 0.1) is 0 Å². The summed E-state index contributed by atoms with van der Waals surface area (Å²) in [7, 11) is -2.83. The Morgan fingerprint density at radius 2 is 1.42 bits per heavy atom. The topological polar surface area (TPSA) is 29.1 Å². The van der Waals surface area contributed by atoms with Crippen molar-refractivity contribution in [3.63, 3.8) is 0 Å². The summed E-state index contributed by atoms with van der Waals surface area (Å²) < 4.78 is 14.1. The van der Waals surface area contributed by atoms with Crippen LogP contribution < -0.4 is 15.7 Å². The van der Waals surface area contributed by atoms with Gasteiger partial charge in [-0.05, 0) is 54.9 Å². The molecule has 1 saturated carbocycles. The van der Waals surface area contributed by atoms with Gasteiger partial charge in [0, 0.05) is 16.7 Å². The normalized spacial score (nSPS) is 23.8. The van der Waals surface area contributed by atoms with Crippen LogP contribution in [0, 0.1) is 11.3 Å². The second-order valence-corrected chi connectivity index (χ2v) is 10.5. The highest BCUT2D eigenvalue weighted by Gasteiger charge is 2.37. The molecule has 2 aromatic rings. The Morgan fingerprint density at radius 3 is 1.88 bits per heavy atom. The Hall–Kier alpha value is -1.37. The first-order chi connectivity index (χ1) is 11.4. The molecular formula is C21H28NOP. The zero-order valence-electron chi connectivity index (χ0n) is 14.9. The van der Waals surface area contributed by atoms with Gasteiger partial charge >= 0.3 is 0 Å². The average molecular weight is 341 g/mol. The third kappa shape index (κ3) is 3.82. The summed E-state index contributed by atoms with van der Waals surface area (Å²) in [6, 6.07) is 20.1. The molecule has 3 rings (SSSR count). The smallest absolute Gasteiger partial charge is 0.204 e. The highest BCUT2D eigenvalue weighted by molar-refractivity contribution is 7.76. The standard InChI is InChI=1S/C21H28NOP/c1-17-14-18(16-21(2,3)15-17)22-24(23,19-10-6-4-7-11-19)20-12-8-5-9-13-20/h4-13,17-18H,14-16H2,1-3H3,(H,22,23)/t17-,18+/m1/s1. The van der Waals surface area contributed by atoms with E-state index in [4.69, 9.17) is 0 Å². The van der Waals surface area contributed by atoms with Crippen molar-refractivity contribution >= 4 is 17.9 Å². The minimum atomic E-state index is -2.83. The molecular weight excluding hydrogens is 313 g/mol. The Bertz CT molecular complexity index is 668. The first-order valence-electron chi connectivity index (χ1n) is 8.88. The van der Waals surface area contributed by atoms with Crippen LogP contribution in [0.25, 0.3) is 0 Å². The molecule has 0 unspecified atom stereocenters. The predicted octanol–water partition coefficient (Wildman–Crippen LogP) is 4.72. The van der Waals surface area contributed by atoms with Crippen LogP contribution in [0.4, 0.5) is 0 Å². The lowest BCUT2D eigenvalue weighted by Crippen LogP contribution is -2.42. The van der Waals surface area contributed by atoms with Crippen molar-refractivity contribution in [3.8, 4) is 0 Å². The molecule has 1 aliphatic carbocycles. The Kier molecular flexibility index (Phi) is 4.99. The summed E-state index contributed by atoms with van der Waals surface area (Å²) in [5.41, 5.74) is 0.299. The first kappa shape index (κ1) is 17.5. The van der Waals surface area contributed by atoms with Crippen molar-refractivity contribution in [2.75, 3.05) is 0 Å². The number of rotatable bonds is 4. The van der Waals surface area contributed by atoms with E-state index in [2.05, 4.69) is 25.9 Å². The van der Waals surface area contributed by atoms with Crippen LogP contribution in [0.15, 0.2) is 60.7 Å². The maximum absolute atomic E-state index is 14.1. The number of benzene rings is 2. The Balaban J connectivity index is 1.96. The van der Waals surface area contributed by atoms with E-state index in [0.717, 1.165) is 23.5 Å². The summed E-state index contributed by atoms with van der Waals surface area (Å²) in [5.74, 6) is 0.659. The zero-order valence-corrected chi connectivity index (χ0v) is 15.8. The minimum Gasteiger partial charge on any atom is -0.297 e. The van der Waals surface area contributed by atoms with Crippen molar-refractivity contribution in [1.82, 2.24) is 5.09 Å². The van der Waals surface area contributed by atoms with Crippen LogP contribution in [0.5, 0.6) is 0 Å². The van der Waals surface area contributed by atoms with Crippen LogP contribution in [-0.4, -0.2) is 6.04 Å². The van der Waals surface area contributed by atoms with Crippen molar-refractivity contribution < 1.29 is 4.57 Å². The molecule has 1 fully saturated rings. The Labute approximate surface area is 146 Å². The van der Waals surface area contributed by atoms with Crippen LogP contribution in [0.1, 0.15) is 40.0 Å². The van der Waals surface area contributed by atoms with Crippen LogP contribution in [0.2, 0.25) is 0 Å². The van der Waals surface area contributed by atoms with E-state index in [1.54, 1.807) is 0 Å². The van der Waals surface area contributed by atoms with Crippen molar-refractivity contribution in [2.45, 2.75) is 46.1 Å². The van der Waals surface area contributed by atoms with E-state index >= 15 is 0 Å².